The quantitative estimate of drug-likeness (QED) is 0.289. The Morgan fingerprint density at radius 3 is 2.14 bits per heavy atom. The van der Waals surface area contributed by atoms with Crippen LogP contribution in [0.1, 0.15) is 11.4 Å². The maximum absolute atomic E-state index is 12.9. The monoisotopic (exact) mass is 516 g/mol. The molecule has 10 heteroatoms. The number of rotatable bonds is 6. The summed E-state index contributed by atoms with van der Waals surface area (Å²) < 4.78 is 28.1. The standard InChI is InChI=1S/C26H21ClN6O2S/c1-16-15-17(2)29-26(28-16)33-36(34,35)21-13-11-20(12-14-21)30-25-22-5-3-4-6-23(22)31-24(32-25)18-7-9-19(27)10-8-18/h3-15H,1-2H3,(H,28,29,33)(H,30,31,32). The lowest BCUT2D eigenvalue weighted by Gasteiger charge is -2.12. The van der Waals surface area contributed by atoms with Gasteiger partial charge in [-0.05, 0) is 80.6 Å². The van der Waals surface area contributed by atoms with Crippen LogP contribution in [0, 0.1) is 13.8 Å². The number of halogens is 1. The van der Waals surface area contributed by atoms with E-state index in [0.29, 0.717) is 33.7 Å². The highest BCUT2D eigenvalue weighted by molar-refractivity contribution is 7.92. The SMILES string of the molecule is Cc1cc(C)nc(NS(=O)(=O)c2ccc(Nc3nc(-c4ccc(Cl)cc4)nc4ccccc34)cc2)n1. The Kier molecular flexibility index (Phi) is 6.26. The summed E-state index contributed by atoms with van der Waals surface area (Å²) in [5.74, 6) is 1.18. The minimum Gasteiger partial charge on any atom is -0.340 e. The lowest BCUT2D eigenvalue weighted by molar-refractivity contribution is 0.601. The predicted molar refractivity (Wildman–Crippen MR) is 142 cm³/mol. The highest BCUT2D eigenvalue weighted by atomic mass is 35.5. The minimum atomic E-state index is -3.86. The molecule has 0 amide bonds. The number of anilines is 3. The van der Waals surface area contributed by atoms with Crippen LogP contribution in [0.25, 0.3) is 22.3 Å². The van der Waals surface area contributed by atoms with E-state index in [-0.39, 0.29) is 10.8 Å². The van der Waals surface area contributed by atoms with Crippen molar-refractivity contribution >= 4 is 50.0 Å². The molecular weight excluding hydrogens is 496 g/mol. The van der Waals surface area contributed by atoms with E-state index in [2.05, 4.69) is 25.0 Å². The number of para-hydroxylation sites is 1. The number of nitrogens with zero attached hydrogens (tertiary/aromatic N) is 4. The Labute approximate surface area is 213 Å². The van der Waals surface area contributed by atoms with Crippen molar-refractivity contribution in [1.82, 2.24) is 19.9 Å². The lowest BCUT2D eigenvalue weighted by Crippen LogP contribution is -2.15. The first-order valence-corrected chi connectivity index (χ1v) is 12.9. The third-order valence-electron chi connectivity index (χ3n) is 5.34. The Hall–Kier alpha value is -4.08. The molecule has 0 aliphatic carbocycles. The molecule has 0 bridgehead atoms. The average Bonchev–Trinajstić information content (AvgIpc) is 2.84. The van der Waals surface area contributed by atoms with E-state index in [9.17, 15) is 8.42 Å². The van der Waals surface area contributed by atoms with Crippen molar-refractivity contribution < 1.29 is 8.42 Å². The highest BCUT2D eigenvalue weighted by Gasteiger charge is 2.17. The number of hydrogen-bond donors (Lipinski definition) is 2. The van der Waals surface area contributed by atoms with Gasteiger partial charge in [-0.25, -0.2) is 33.1 Å². The molecular formula is C26H21ClN6O2S. The lowest BCUT2D eigenvalue weighted by atomic mass is 10.2. The van der Waals surface area contributed by atoms with Gasteiger partial charge >= 0.3 is 0 Å². The number of hydrogen-bond acceptors (Lipinski definition) is 7. The molecule has 0 unspecified atom stereocenters. The smallest absolute Gasteiger partial charge is 0.264 e. The van der Waals surface area contributed by atoms with Gasteiger partial charge in [-0.15, -0.1) is 0 Å². The topological polar surface area (TPSA) is 110 Å². The van der Waals surface area contributed by atoms with E-state index in [4.69, 9.17) is 16.6 Å². The molecule has 5 aromatic rings. The first kappa shape index (κ1) is 23.7. The normalized spacial score (nSPS) is 11.4. The first-order valence-electron chi connectivity index (χ1n) is 11.0. The van der Waals surface area contributed by atoms with E-state index in [1.54, 1.807) is 44.2 Å². The minimum absolute atomic E-state index is 0.0388. The van der Waals surface area contributed by atoms with Crippen LogP contribution >= 0.6 is 11.6 Å². The molecule has 0 fully saturated rings. The van der Waals surface area contributed by atoms with Gasteiger partial charge in [0.25, 0.3) is 10.0 Å². The van der Waals surface area contributed by atoms with Crippen LogP contribution in [0.2, 0.25) is 5.02 Å². The molecule has 0 radical (unpaired) electrons. The Bertz CT molecular complexity index is 1650. The summed E-state index contributed by atoms with van der Waals surface area (Å²) in [7, 11) is -3.86. The molecule has 180 valence electrons. The molecule has 8 nitrogen and oxygen atoms in total. The van der Waals surface area contributed by atoms with Gasteiger partial charge < -0.3 is 5.32 Å². The number of fused-ring (bicyclic) bond motifs is 1. The summed E-state index contributed by atoms with van der Waals surface area (Å²) in [6.07, 6.45) is 0. The highest BCUT2D eigenvalue weighted by Crippen LogP contribution is 2.28. The van der Waals surface area contributed by atoms with Gasteiger partial charge in [-0.2, -0.15) is 0 Å². The zero-order valence-corrected chi connectivity index (χ0v) is 21.0. The van der Waals surface area contributed by atoms with Crippen LogP contribution in [0.4, 0.5) is 17.5 Å². The molecule has 3 aromatic carbocycles. The van der Waals surface area contributed by atoms with E-state index in [1.807, 2.05) is 36.4 Å². The van der Waals surface area contributed by atoms with Crippen molar-refractivity contribution in [3.63, 3.8) is 0 Å². The van der Waals surface area contributed by atoms with Crippen LogP contribution in [0.5, 0.6) is 0 Å². The van der Waals surface area contributed by atoms with E-state index in [1.165, 1.54) is 12.1 Å². The van der Waals surface area contributed by atoms with Crippen molar-refractivity contribution in [3.05, 3.63) is 95.3 Å². The molecule has 0 aliphatic heterocycles. The first-order chi connectivity index (χ1) is 17.3. The van der Waals surface area contributed by atoms with E-state index >= 15 is 0 Å². The molecule has 0 atom stereocenters. The second-order valence-corrected chi connectivity index (χ2v) is 10.3. The number of aromatic nitrogens is 4. The molecule has 2 heterocycles. The van der Waals surface area contributed by atoms with Crippen molar-refractivity contribution in [2.45, 2.75) is 18.7 Å². The molecule has 0 saturated heterocycles. The molecule has 0 aliphatic rings. The Balaban J connectivity index is 1.44. The van der Waals surface area contributed by atoms with Crippen LogP contribution in [0.3, 0.4) is 0 Å². The molecule has 5 rings (SSSR count). The summed E-state index contributed by atoms with van der Waals surface area (Å²) in [5, 5.41) is 4.76. The van der Waals surface area contributed by atoms with Gasteiger partial charge in [0.2, 0.25) is 5.95 Å². The van der Waals surface area contributed by atoms with Crippen LogP contribution in [-0.4, -0.2) is 28.4 Å². The van der Waals surface area contributed by atoms with Crippen molar-refractivity contribution in [3.8, 4) is 11.4 Å². The molecule has 0 saturated carbocycles. The van der Waals surface area contributed by atoms with Crippen LogP contribution < -0.4 is 10.0 Å². The maximum Gasteiger partial charge on any atom is 0.264 e. The summed E-state index contributed by atoms with van der Waals surface area (Å²) in [6.45, 7) is 3.56. The van der Waals surface area contributed by atoms with E-state index < -0.39 is 10.0 Å². The fourth-order valence-electron chi connectivity index (χ4n) is 3.70. The summed E-state index contributed by atoms with van der Waals surface area (Å²) >= 11 is 6.03. The largest absolute Gasteiger partial charge is 0.340 e. The zero-order valence-electron chi connectivity index (χ0n) is 19.4. The fourth-order valence-corrected chi connectivity index (χ4v) is 4.77. The molecule has 36 heavy (non-hydrogen) atoms. The van der Waals surface area contributed by atoms with Gasteiger partial charge in [0.05, 0.1) is 10.4 Å². The van der Waals surface area contributed by atoms with Crippen LogP contribution in [-0.2, 0) is 10.0 Å². The summed E-state index contributed by atoms with van der Waals surface area (Å²) in [6, 6.07) is 23.1. The fraction of sp³-hybridized carbons (Fsp3) is 0.0769. The Morgan fingerprint density at radius 1 is 0.778 bits per heavy atom. The molecule has 0 spiro atoms. The number of benzene rings is 3. The van der Waals surface area contributed by atoms with Crippen molar-refractivity contribution in [2.75, 3.05) is 10.0 Å². The van der Waals surface area contributed by atoms with Gasteiger partial charge in [0, 0.05) is 33.0 Å². The van der Waals surface area contributed by atoms with Crippen molar-refractivity contribution in [2.24, 2.45) is 0 Å². The van der Waals surface area contributed by atoms with Gasteiger partial charge in [0.1, 0.15) is 5.82 Å². The number of nitrogens with one attached hydrogen (secondary N) is 2. The molecule has 2 aromatic heterocycles. The van der Waals surface area contributed by atoms with Gasteiger partial charge in [0.15, 0.2) is 5.82 Å². The zero-order chi connectivity index (χ0) is 25.3. The van der Waals surface area contributed by atoms with Crippen LogP contribution in [0.15, 0.2) is 83.8 Å². The van der Waals surface area contributed by atoms with Gasteiger partial charge in [-0.3, -0.25) is 0 Å². The average molecular weight is 517 g/mol. The number of aryl methyl sites for hydroxylation is 2. The number of sulfonamides is 1. The molecule has 2 N–H and O–H groups in total. The predicted octanol–water partition coefficient (Wildman–Crippen LogP) is 5.90. The summed E-state index contributed by atoms with van der Waals surface area (Å²) in [5.41, 5.74) is 3.62. The second kappa shape index (κ2) is 9.52. The maximum atomic E-state index is 12.9. The second-order valence-electron chi connectivity index (χ2n) is 8.15. The Morgan fingerprint density at radius 2 is 1.44 bits per heavy atom. The van der Waals surface area contributed by atoms with Crippen molar-refractivity contribution in [1.29, 1.82) is 0 Å². The van der Waals surface area contributed by atoms with Gasteiger partial charge in [-0.1, -0.05) is 23.7 Å². The van der Waals surface area contributed by atoms with E-state index in [0.717, 1.165) is 16.5 Å². The third kappa shape index (κ3) is 5.12. The third-order valence-corrected chi connectivity index (χ3v) is 6.94. The summed E-state index contributed by atoms with van der Waals surface area (Å²) in [4.78, 5) is 17.8.